The molecule has 0 atom stereocenters. The quantitative estimate of drug-likeness (QED) is 0.748. The van der Waals surface area contributed by atoms with E-state index >= 15 is 0 Å². The zero-order valence-electron chi connectivity index (χ0n) is 14.3. The van der Waals surface area contributed by atoms with Gasteiger partial charge in [-0.3, -0.25) is 9.59 Å². The molecule has 1 aromatic heterocycles. The molecule has 0 aliphatic carbocycles. The van der Waals surface area contributed by atoms with E-state index < -0.39 is 10.0 Å². The summed E-state index contributed by atoms with van der Waals surface area (Å²) < 4.78 is 26.5. The van der Waals surface area contributed by atoms with Gasteiger partial charge in [0.05, 0.1) is 14.6 Å². The normalized spacial score (nSPS) is 11.5. The van der Waals surface area contributed by atoms with Crippen LogP contribution in [0.5, 0.6) is 0 Å². The predicted octanol–water partition coefficient (Wildman–Crippen LogP) is 3.23. The predicted molar refractivity (Wildman–Crippen MR) is 98.8 cm³/mol. The molecule has 25 heavy (non-hydrogen) atoms. The summed E-state index contributed by atoms with van der Waals surface area (Å²) >= 11 is 1.10. The number of Topliss-reactive ketones (excluding diaryl/α,β-unsaturated/α-hetero) is 1. The van der Waals surface area contributed by atoms with Crippen LogP contribution in [0, 0.1) is 0 Å². The number of nitrogens with zero attached hydrogens (tertiary/aromatic N) is 1. The van der Waals surface area contributed by atoms with Gasteiger partial charge < -0.3 is 5.32 Å². The molecule has 1 amide bonds. The van der Waals surface area contributed by atoms with E-state index in [1.54, 1.807) is 38.1 Å². The number of rotatable bonds is 7. The SMILES string of the molecule is CCN(CC)S(=O)(=O)c1cccc(NC(=O)c2ccc(C(C)=O)s2)c1. The number of amides is 1. The monoisotopic (exact) mass is 380 g/mol. The summed E-state index contributed by atoms with van der Waals surface area (Å²) in [5.41, 5.74) is 0.385. The number of hydrogen-bond donors (Lipinski definition) is 1. The molecule has 0 saturated heterocycles. The van der Waals surface area contributed by atoms with Gasteiger partial charge in [-0.15, -0.1) is 11.3 Å². The molecular weight excluding hydrogens is 360 g/mol. The van der Waals surface area contributed by atoms with Crippen LogP contribution in [0.25, 0.3) is 0 Å². The van der Waals surface area contributed by atoms with Crippen molar-refractivity contribution in [2.75, 3.05) is 18.4 Å². The van der Waals surface area contributed by atoms with Crippen molar-refractivity contribution in [1.82, 2.24) is 4.31 Å². The maximum Gasteiger partial charge on any atom is 0.265 e. The van der Waals surface area contributed by atoms with Crippen molar-refractivity contribution in [1.29, 1.82) is 0 Å². The number of anilines is 1. The molecule has 0 spiro atoms. The first-order valence-corrected chi connectivity index (χ1v) is 10.1. The average Bonchev–Trinajstić information content (AvgIpc) is 3.06. The molecule has 0 unspecified atom stereocenters. The van der Waals surface area contributed by atoms with Crippen LogP contribution in [0.15, 0.2) is 41.3 Å². The number of hydrogen-bond acceptors (Lipinski definition) is 5. The molecule has 1 aromatic carbocycles. The van der Waals surface area contributed by atoms with Crippen LogP contribution in [0.4, 0.5) is 5.69 Å². The van der Waals surface area contributed by atoms with Crippen molar-refractivity contribution in [3.8, 4) is 0 Å². The van der Waals surface area contributed by atoms with E-state index in [9.17, 15) is 18.0 Å². The van der Waals surface area contributed by atoms with Gasteiger partial charge in [0.15, 0.2) is 5.78 Å². The topological polar surface area (TPSA) is 83.6 Å². The first-order chi connectivity index (χ1) is 11.8. The highest BCUT2D eigenvalue weighted by molar-refractivity contribution is 7.89. The van der Waals surface area contributed by atoms with Gasteiger partial charge in [0.2, 0.25) is 10.0 Å². The summed E-state index contributed by atoms with van der Waals surface area (Å²) in [5.74, 6) is -0.480. The second kappa shape index (κ2) is 7.90. The Balaban J connectivity index is 2.24. The molecule has 0 bridgehead atoms. The molecule has 2 rings (SSSR count). The third kappa shape index (κ3) is 4.33. The van der Waals surface area contributed by atoms with Gasteiger partial charge in [-0.2, -0.15) is 4.31 Å². The molecule has 0 saturated carbocycles. The summed E-state index contributed by atoms with van der Waals surface area (Å²) in [7, 11) is -3.59. The van der Waals surface area contributed by atoms with E-state index in [-0.39, 0.29) is 16.6 Å². The lowest BCUT2D eigenvalue weighted by Crippen LogP contribution is -2.30. The molecule has 0 aliphatic heterocycles. The fraction of sp³-hybridized carbons (Fsp3) is 0.294. The van der Waals surface area contributed by atoms with Gasteiger partial charge >= 0.3 is 0 Å². The standard InChI is InChI=1S/C17H20N2O4S2/c1-4-19(5-2)25(22,23)14-8-6-7-13(11-14)18-17(21)16-10-9-15(24-16)12(3)20/h6-11H,4-5H2,1-3H3,(H,18,21). The minimum atomic E-state index is -3.59. The van der Waals surface area contributed by atoms with Crippen molar-refractivity contribution in [2.24, 2.45) is 0 Å². The van der Waals surface area contributed by atoms with E-state index in [1.165, 1.54) is 23.4 Å². The zero-order valence-corrected chi connectivity index (χ0v) is 15.9. The first-order valence-electron chi connectivity index (χ1n) is 7.82. The summed E-state index contributed by atoms with van der Waals surface area (Å²) in [6.45, 7) is 5.73. The van der Waals surface area contributed by atoms with Crippen LogP contribution >= 0.6 is 11.3 Å². The maximum absolute atomic E-state index is 12.6. The van der Waals surface area contributed by atoms with Crippen molar-refractivity contribution in [3.63, 3.8) is 0 Å². The molecule has 0 aliphatic rings. The highest BCUT2D eigenvalue weighted by Gasteiger charge is 2.22. The van der Waals surface area contributed by atoms with Crippen LogP contribution in [0.3, 0.4) is 0 Å². The molecule has 1 heterocycles. The number of carbonyl (C=O) groups is 2. The van der Waals surface area contributed by atoms with Crippen molar-refractivity contribution < 1.29 is 18.0 Å². The average molecular weight is 380 g/mol. The van der Waals surface area contributed by atoms with Crippen LogP contribution in [-0.4, -0.2) is 37.5 Å². The fourth-order valence-corrected chi connectivity index (χ4v) is 4.59. The van der Waals surface area contributed by atoms with Crippen LogP contribution in [0.2, 0.25) is 0 Å². The number of nitrogens with one attached hydrogen (secondary N) is 1. The molecule has 134 valence electrons. The Labute approximate surface area is 151 Å². The molecule has 2 aromatic rings. The Hall–Kier alpha value is -2.03. The number of carbonyl (C=O) groups excluding carboxylic acids is 2. The summed E-state index contributed by atoms with van der Waals surface area (Å²) in [4.78, 5) is 24.6. The number of sulfonamides is 1. The van der Waals surface area contributed by atoms with Crippen LogP contribution in [0.1, 0.15) is 40.1 Å². The lowest BCUT2D eigenvalue weighted by molar-refractivity contribution is 0.101. The Bertz CT molecular complexity index is 884. The minimum Gasteiger partial charge on any atom is -0.321 e. The number of ketones is 1. The summed E-state index contributed by atoms with van der Waals surface area (Å²) in [5, 5.41) is 2.68. The smallest absolute Gasteiger partial charge is 0.265 e. The van der Waals surface area contributed by atoms with E-state index in [4.69, 9.17) is 0 Å². The van der Waals surface area contributed by atoms with Gasteiger partial charge in [-0.25, -0.2) is 8.42 Å². The first kappa shape index (κ1) is 19.3. The second-order valence-corrected chi connectivity index (χ2v) is 8.31. The van der Waals surface area contributed by atoms with E-state index in [1.807, 2.05) is 0 Å². The van der Waals surface area contributed by atoms with Crippen molar-refractivity contribution >= 4 is 38.7 Å². The van der Waals surface area contributed by atoms with E-state index in [2.05, 4.69) is 5.32 Å². The second-order valence-electron chi connectivity index (χ2n) is 5.29. The maximum atomic E-state index is 12.6. The van der Waals surface area contributed by atoms with Crippen molar-refractivity contribution in [3.05, 3.63) is 46.2 Å². The van der Waals surface area contributed by atoms with Gasteiger partial charge in [0, 0.05) is 18.8 Å². The lowest BCUT2D eigenvalue weighted by Gasteiger charge is -2.18. The minimum absolute atomic E-state index is 0.101. The zero-order chi connectivity index (χ0) is 18.6. The van der Waals surface area contributed by atoms with Gasteiger partial charge in [0.1, 0.15) is 0 Å². The Kier molecular flexibility index (Phi) is 6.10. The van der Waals surface area contributed by atoms with Crippen LogP contribution < -0.4 is 5.32 Å². The number of thiophene rings is 1. The highest BCUT2D eigenvalue weighted by Crippen LogP contribution is 2.22. The molecule has 0 fully saturated rings. The van der Waals surface area contributed by atoms with E-state index in [0.717, 1.165) is 11.3 Å². The van der Waals surface area contributed by atoms with E-state index in [0.29, 0.717) is 28.5 Å². The summed E-state index contributed by atoms with van der Waals surface area (Å²) in [6, 6.07) is 9.32. The molecule has 8 heteroatoms. The van der Waals surface area contributed by atoms with Crippen molar-refractivity contribution in [2.45, 2.75) is 25.7 Å². The third-order valence-electron chi connectivity index (χ3n) is 3.61. The Morgan fingerprint density at radius 2 is 1.72 bits per heavy atom. The highest BCUT2D eigenvalue weighted by atomic mass is 32.2. The Morgan fingerprint density at radius 1 is 1.08 bits per heavy atom. The van der Waals surface area contributed by atoms with Gasteiger partial charge in [0.25, 0.3) is 5.91 Å². The summed E-state index contributed by atoms with van der Waals surface area (Å²) in [6.07, 6.45) is 0. The fourth-order valence-electron chi connectivity index (χ4n) is 2.29. The molecular formula is C17H20N2O4S2. The third-order valence-corrected chi connectivity index (χ3v) is 6.84. The molecule has 1 N–H and O–H groups in total. The number of benzene rings is 1. The van der Waals surface area contributed by atoms with Gasteiger partial charge in [-0.05, 0) is 37.3 Å². The Morgan fingerprint density at radius 3 is 2.28 bits per heavy atom. The molecule has 6 nitrogen and oxygen atoms in total. The molecule has 0 radical (unpaired) electrons. The largest absolute Gasteiger partial charge is 0.321 e. The van der Waals surface area contributed by atoms with Gasteiger partial charge in [-0.1, -0.05) is 19.9 Å². The van der Waals surface area contributed by atoms with Crippen LogP contribution in [-0.2, 0) is 10.0 Å². The lowest BCUT2D eigenvalue weighted by atomic mass is 10.3.